The molecule has 0 unspecified atom stereocenters. The molecule has 4 heteroatoms. The Kier molecular flexibility index (Phi) is 4.48. The monoisotopic (exact) mass is 250 g/mol. The Morgan fingerprint density at radius 2 is 1.67 bits per heavy atom. The van der Waals surface area contributed by atoms with E-state index < -0.39 is 0 Å². The first kappa shape index (κ1) is 14.2. The number of rotatable bonds is 3. The Labute approximate surface area is 107 Å². The summed E-state index contributed by atoms with van der Waals surface area (Å²) in [5, 5.41) is 0. The third kappa shape index (κ3) is 3.32. The standard InChI is InChI=1S/C14H18O4/c1-8-6-9(2)13(7-17-11(4)15)14(10(8)3)18-12(5)16/h6H,7H2,1-5H3. The van der Waals surface area contributed by atoms with Crippen LogP contribution in [0.15, 0.2) is 6.07 Å². The van der Waals surface area contributed by atoms with Gasteiger partial charge in [0.25, 0.3) is 0 Å². The maximum absolute atomic E-state index is 11.1. The van der Waals surface area contributed by atoms with Gasteiger partial charge in [0, 0.05) is 19.4 Å². The molecule has 0 N–H and O–H groups in total. The van der Waals surface area contributed by atoms with Crippen LogP contribution in [0.5, 0.6) is 5.75 Å². The molecule has 4 nitrogen and oxygen atoms in total. The highest BCUT2D eigenvalue weighted by molar-refractivity contribution is 5.71. The van der Waals surface area contributed by atoms with Gasteiger partial charge in [-0.3, -0.25) is 9.59 Å². The predicted molar refractivity (Wildman–Crippen MR) is 67.4 cm³/mol. The van der Waals surface area contributed by atoms with Crippen LogP contribution in [-0.4, -0.2) is 11.9 Å². The highest BCUT2D eigenvalue weighted by atomic mass is 16.5. The van der Waals surface area contributed by atoms with Crippen molar-refractivity contribution >= 4 is 11.9 Å². The zero-order chi connectivity index (χ0) is 13.9. The molecule has 0 bridgehead atoms. The van der Waals surface area contributed by atoms with Crippen LogP contribution in [-0.2, 0) is 20.9 Å². The van der Waals surface area contributed by atoms with Crippen molar-refractivity contribution in [3.8, 4) is 5.75 Å². The number of aryl methyl sites for hydroxylation is 2. The minimum Gasteiger partial charge on any atom is -0.461 e. The van der Waals surface area contributed by atoms with Crippen molar-refractivity contribution in [2.24, 2.45) is 0 Å². The molecule has 0 aliphatic rings. The number of hydrogen-bond acceptors (Lipinski definition) is 4. The summed E-state index contributed by atoms with van der Waals surface area (Å²) in [6.07, 6.45) is 0. The summed E-state index contributed by atoms with van der Waals surface area (Å²) in [5.41, 5.74) is 3.60. The molecular formula is C14H18O4. The van der Waals surface area contributed by atoms with E-state index in [1.807, 2.05) is 26.8 Å². The Morgan fingerprint density at radius 3 is 2.17 bits per heavy atom. The van der Waals surface area contributed by atoms with Crippen molar-refractivity contribution in [1.29, 1.82) is 0 Å². The summed E-state index contributed by atoms with van der Waals surface area (Å²) in [7, 11) is 0. The molecule has 1 rings (SSSR count). The van der Waals surface area contributed by atoms with E-state index in [9.17, 15) is 9.59 Å². The lowest BCUT2D eigenvalue weighted by Gasteiger charge is -2.16. The van der Waals surface area contributed by atoms with Crippen LogP contribution in [0.1, 0.15) is 36.1 Å². The topological polar surface area (TPSA) is 52.6 Å². The van der Waals surface area contributed by atoms with Gasteiger partial charge in [-0.25, -0.2) is 0 Å². The summed E-state index contributed by atoms with van der Waals surface area (Å²) < 4.78 is 10.2. The fourth-order valence-corrected chi connectivity index (χ4v) is 1.74. The molecule has 0 amide bonds. The van der Waals surface area contributed by atoms with Crippen molar-refractivity contribution in [2.45, 2.75) is 41.2 Å². The zero-order valence-electron chi connectivity index (χ0n) is 11.4. The molecule has 98 valence electrons. The van der Waals surface area contributed by atoms with Gasteiger partial charge in [0.05, 0.1) is 0 Å². The third-order valence-corrected chi connectivity index (χ3v) is 2.78. The van der Waals surface area contributed by atoms with Crippen LogP contribution in [0.2, 0.25) is 0 Å². The molecule has 0 saturated heterocycles. The molecule has 0 fully saturated rings. The Hall–Kier alpha value is -1.84. The van der Waals surface area contributed by atoms with Crippen LogP contribution in [0.3, 0.4) is 0 Å². The number of esters is 2. The van der Waals surface area contributed by atoms with Gasteiger partial charge in [-0.2, -0.15) is 0 Å². The number of ether oxygens (including phenoxy) is 2. The second kappa shape index (κ2) is 5.67. The lowest BCUT2D eigenvalue weighted by atomic mass is 9.99. The van der Waals surface area contributed by atoms with Gasteiger partial charge in [-0.15, -0.1) is 0 Å². The predicted octanol–water partition coefficient (Wildman–Crippen LogP) is 2.60. The smallest absolute Gasteiger partial charge is 0.308 e. The number of hydrogen-bond donors (Lipinski definition) is 0. The highest BCUT2D eigenvalue weighted by Crippen LogP contribution is 2.30. The maximum Gasteiger partial charge on any atom is 0.308 e. The van der Waals surface area contributed by atoms with E-state index in [1.165, 1.54) is 13.8 Å². The molecule has 0 aliphatic carbocycles. The van der Waals surface area contributed by atoms with E-state index in [-0.39, 0.29) is 18.5 Å². The summed E-state index contributed by atoms with van der Waals surface area (Å²) in [5.74, 6) is -0.241. The summed E-state index contributed by atoms with van der Waals surface area (Å²) in [6, 6.07) is 1.99. The first-order valence-corrected chi connectivity index (χ1v) is 5.74. The van der Waals surface area contributed by atoms with E-state index >= 15 is 0 Å². The Bertz CT molecular complexity index is 489. The van der Waals surface area contributed by atoms with Gasteiger partial charge in [-0.1, -0.05) is 6.07 Å². The molecule has 0 atom stereocenters. The summed E-state index contributed by atoms with van der Waals surface area (Å²) in [4.78, 5) is 22.0. The lowest BCUT2D eigenvalue weighted by molar-refractivity contribution is -0.142. The van der Waals surface area contributed by atoms with E-state index in [1.54, 1.807) is 0 Å². The third-order valence-electron chi connectivity index (χ3n) is 2.78. The lowest BCUT2D eigenvalue weighted by Crippen LogP contribution is -2.10. The first-order chi connectivity index (χ1) is 8.32. The van der Waals surface area contributed by atoms with E-state index in [0.717, 1.165) is 22.3 Å². The maximum atomic E-state index is 11.1. The average molecular weight is 250 g/mol. The molecule has 18 heavy (non-hydrogen) atoms. The molecule has 1 aromatic rings. The fourth-order valence-electron chi connectivity index (χ4n) is 1.74. The molecule has 0 heterocycles. The molecule has 0 radical (unpaired) electrons. The van der Waals surface area contributed by atoms with Crippen LogP contribution in [0.4, 0.5) is 0 Å². The fraction of sp³-hybridized carbons (Fsp3) is 0.429. The molecule has 0 aliphatic heterocycles. The van der Waals surface area contributed by atoms with Crippen LogP contribution in [0.25, 0.3) is 0 Å². The average Bonchev–Trinajstić information content (AvgIpc) is 2.24. The van der Waals surface area contributed by atoms with Gasteiger partial charge in [0.1, 0.15) is 12.4 Å². The van der Waals surface area contributed by atoms with E-state index in [4.69, 9.17) is 9.47 Å². The molecule has 0 saturated carbocycles. The van der Waals surface area contributed by atoms with E-state index in [0.29, 0.717) is 5.75 Å². The van der Waals surface area contributed by atoms with Crippen LogP contribution < -0.4 is 4.74 Å². The minimum absolute atomic E-state index is 0.116. The minimum atomic E-state index is -0.382. The Morgan fingerprint density at radius 1 is 1.06 bits per heavy atom. The number of carbonyl (C=O) groups excluding carboxylic acids is 2. The van der Waals surface area contributed by atoms with E-state index in [2.05, 4.69) is 0 Å². The van der Waals surface area contributed by atoms with Crippen LogP contribution in [0, 0.1) is 20.8 Å². The molecule has 1 aromatic carbocycles. The van der Waals surface area contributed by atoms with Crippen molar-refractivity contribution in [1.82, 2.24) is 0 Å². The highest BCUT2D eigenvalue weighted by Gasteiger charge is 2.15. The molecule has 0 aromatic heterocycles. The molecule has 0 spiro atoms. The zero-order valence-corrected chi connectivity index (χ0v) is 11.4. The molecular weight excluding hydrogens is 232 g/mol. The number of benzene rings is 1. The van der Waals surface area contributed by atoms with Gasteiger partial charge >= 0.3 is 11.9 Å². The summed E-state index contributed by atoms with van der Waals surface area (Å²) >= 11 is 0. The van der Waals surface area contributed by atoms with Gasteiger partial charge in [0.15, 0.2) is 0 Å². The van der Waals surface area contributed by atoms with Gasteiger partial charge < -0.3 is 9.47 Å². The van der Waals surface area contributed by atoms with Crippen molar-refractivity contribution in [3.63, 3.8) is 0 Å². The van der Waals surface area contributed by atoms with Crippen molar-refractivity contribution in [2.75, 3.05) is 0 Å². The largest absolute Gasteiger partial charge is 0.461 e. The van der Waals surface area contributed by atoms with Crippen LogP contribution >= 0.6 is 0 Å². The second-order valence-electron chi connectivity index (χ2n) is 4.32. The Balaban J connectivity index is 3.23. The normalized spacial score (nSPS) is 10.1. The first-order valence-electron chi connectivity index (χ1n) is 5.74. The quantitative estimate of drug-likeness (QED) is 0.611. The number of carbonyl (C=O) groups is 2. The van der Waals surface area contributed by atoms with Crippen molar-refractivity contribution in [3.05, 3.63) is 28.3 Å². The van der Waals surface area contributed by atoms with Gasteiger partial charge in [-0.05, 0) is 37.5 Å². The SMILES string of the molecule is CC(=O)OCc1c(C)cc(C)c(C)c1OC(C)=O. The van der Waals surface area contributed by atoms with Crippen molar-refractivity contribution < 1.29 is 19.1 Å². The van der Waals surface area contributed by atoms with Gasteiger partial charge in [0.2, 0.25) is 0 Å². The summed E-state index contributed by atoms with van der Waals surface area (Å²) in [6.45, 7) is 8.55. The second-order valence-corrected chi connectivity index (χ2v) is 4.32.